The molecule has 0 spiro atoms. The van der Waals surface area contributed by atoms with Crippen molar-refractivity contribution in [3.05, 3.63) is 33.7 Å². The molecule has 0 saturated carbocycles. The topological polar surface area (TPSA) is 63.2 Å². The summed E-state index contributed by atoms with van der Waals surface area (Å²) in [6, 6.07) is 4.70. The lowest BCUT2D eigenvalue weighted by atomic mass is 10.0. The summed E-state index contributed by atoms with van der Waals surface area (Å²) in [5, 5.41) is 2.91. The lowest BCUT2D eigenvalue weighted by Gasteiger charge is -2.20. The number of benzene rings is 1. The minimum atomic E-state index is -3.35. The van der Waals surface area contributed by atoms with Gasteiger partial charge in [0.15, 0.2) is 9.84 Å². The molecule has 2 aliphatic rings. The number of carbonyl (C=O) groups excluding carboxylic acids is 1. The molecule has 20 heavy (non-hydrogen) atoms. The first-order valence-corrected chi connectivity index (χ1v) is 8.93. The van der Waals surface area contributed by atoms with Crippen molar-refractivity contribution in [2.75, 3.05) is 5.75 Å². The maximum Gasteiger partial charge on any atom is 0.263 e. The van der Waals surface area contributed by atoms with Crippen molar-refractivity contribution in [1.82, 2.24) is 5.32 Å². The summed E-state index contributed by atoms with van der Waals surface area (Å²) in [5.74, 6) is -0.296. The summed E-state index contributed by atoms with van der Waals surface area (Å²) in [6.07, 6.45) is 0.301. The average molecular weight is 346 g/mol. The smallest absolute Gasteiger partial charge is 0.263 e. The van der Waals surface area contributed by atoms with Gasteiger partial charge >= 0.3 is 0 Å². The highest BCUT2D eigenvalue weighted by atomic mass is 35.5. The normalized spacial score (nSPS) is 24.4. The Morgan fingerprint density at radius 1 is 1.35 bits per heavy atom. The number of hydrogen-bond donors (Lipinski definition) is 1. The molecule has 2 heterocycles. The van der Waals surface area contributed by atoms with Crippen LogP contribution in [0.3, 0.4) is 0 Å². The second kappa shape index (κ2) is 4.84. The van der Waals surface area contributed by atoms with Gasteiger partial charge in [0.25, 0.3) is 5.91 Å². The number of halogens is 1. The molecule has 8 heteroatoms. The van der Waals surface area contributed by atoms with Crippen LogP contribution < -0.4 is 5.32 Å². The molecular formula is C12H8ClNO3S3. The zero-order chi connectivity index (χ0) is 14.5. The molecule has 1 amide bonds. The number of nitrogens with one attached hydrogen (secondary N) is 1. The summed E-state index contributed by atoms with van der Waals surface area (Å²) in [7, 11) is -3.35. The van der Waals surface area contributed by atoms with E-state index in [4.69, 9.17) is 23.8 Å². The van der Waals surface area contributed by atoms with E-state index in [9.17, 15) is 13.2 Å². The molecule has 1 aromatic carbocycles. The number of fused-ring (bicyclic) bond motifs is 1. The fraction of sp³-hybridized carbons (Fsp3) is 0.167. The third-order valence-electron chi connectivity index (χ3n) is 3.12. The zero-order valence-corrected chi connectivity index (χ0v) is 13.2. The standard InChI is InChI=1S/C12H8ClNO3S3/c13-6-1-2-7-8(10-11(15)14-12(18)19-10)3-4-20(16,17)9(7)5-6/h1-2,5H,3-4H2,(H,14,15,18). The summed E-state index contributed by atoms with van der Waals surface area (Å²) in [5.41, 5.74) is 1.26. The Morgan fingerprint density at radius 3 is 2.75 bits per heavy atom. The molecule has 0 unspecified atom stereocenters. The van der Waals surface area contributed by atoms with Crippen LogP contribution in [0.5, 0.6) is 0 Å². The Hall–Kier alpha value is -0.890. The Morgan fingerprint density at radius 2 is 2.10 bits per heavy atom. The third-order valence-corrected chi connectivity index (χ3v) is 6.38. The van der Waals surface area contributed by atoms with Crippen LogP contribution in [-0.4, -0.2) is 24.4 Å². The quantitative estimate of drug-likeness (QED) is 0.577. The number of hydrogen-bond acceptors (Lipinski definition) is 5. The molecular weight excluding hydrogens is 338 g/mol. The van der Waals surface area contributed by atoms with Crippen LogP contribution in [0.1, 0.15) is 12.0 Å². The van der Waals surface area contributed by atoms with Gasteiger partial charge in [-0.25, -0.2) is 8.42 Å². The zero-order valence-electron chi connectivity index (χ0n) is 9.97. The molecule has 0 atom stereocenters. The SMILES string of the molecule is O=C1NC(=S)SC1=C1CCS(=O)(=O)c2cc(Cl)ccc21. The Balaban J connectivity index is 2.26. The van der Waals surface area contributed by atoms with Crippen LogP contribution in [0.4, 0.5) is 0 Å². The van der Waals surface area contributed by atoms with Crippen LogP contribution in [0.25, 0.3) is 5.57 Å². The van der Waals surface area contributed by atoms with Crippen LogP contribution in [0.15, 0.2) is 28.0 Å². The number of thioether (sulfide) groups is 1. The molecule has 1 saturated heterocycles. The van der Waals surface area contributed by atoms with Crippen molar-refractivity contribution in [3.63, 3.8) is 0 Å². The number of carbonyl (C=O) groups is 1. The third kappa shape index (κ3) is 2.28. The molecule has 0 radical (unpaired) electrons. The molecule has 1 fully saturated rings. The van der Waals surface area contributed by atoms with Crippen molar-refractivity contribution in [3.8, 4) is 0 Å². The highest BCUT2D eigenvalue weighted by Gasteiger charge is 2.33. The van der Waals surface area contributed by atoms with Gasteiger partial charge in [0.2, 0.25) is 0 Å². The van der Waals surface area contributed by atoms with Gasteiger partial charge in [0.1, 0.15) is 4.32 Å². The van der Waals surface area contributed by atoms with Crippen molar-refractivity contribution in [1.29, 1.82) is 0 Å². The predicted octanol–water partition coefficient (Wildman–Crippen LogP) is 2.38. The van der Waals surface area contributed by atoms with Crippen molar-refractivity contribution >= 4 is 61.2 Å². The van der Waals surface area contributed by atoms with Crippen LogP contribution in [0, 0.1) is 0 Å². The number of thiocarbonyl (C=S) groups is 1. The minimum Gasteiger partial charge on any atom is -0.307 e. The van der Waals surface area contributed by atoms with Crippen molar-refractivity contribution < 1.29 is 13.2 Å². The Bertz CT molecular complexity index is 783. The van der Waals surface area contributed by atoms with Gasteiger partial charge in [0.05, 0.1) is 15.6 Å². The Kier molecular flexibility index (Phi) is 3.40. The van der Waals surface area contributed by atoms with Crippen molar-refractivity contribution in [2.24, 2.45) is 0 Å². The van der Waals surface area contributed by atoms with E-state index < -0.39 is 9.84 Å². The van der Waals surface area contributed by atoms with Crippen LogP contribution in [0.2, 0.25) is 5.02 Å². The lowest BCUT2D eigenvalue weighted by Crippen LogP contribution is -2.20. The molecule has 0 bridgehead atoms. The van der Waals surface area contributed by atoms with Crippen molar-refractivity contribution in [2.45, 2.75) is 11.3 Å². The maximum absolute atomic E-state index is 12.1. The van der Waals surface area contributed by atoms with Gasteiger partial charge in [0, 0.05) is 5.02 Å². The van der Waals surface area contributed by atoms with Gasteiger partial charge in [-0.3, -0.25) is 4.79 Å². The van der Waals surface area contributed by atoms with E-state index in [-0.39, 0.29) is 16.6 Å². The first kappa shape index (κ1) is 14.1. The van der Waals surface area contributed by atoms with Gasteiger partial charge in [-0.15, -0.1) is 0 Å². The predicted molar refractivity (Wildman–Crippen MR) is 83.4 cm³/mol. The molecule has 0 aliphatic carbocycles. The summed E-state index contributed by atoms with van der Waals surface area (Å²) in [6.45, 7) is 0. The van der Waals surface area contributed by atoms with E-state index in [1.165, 1.54) is 17.8 Å². The lowest BCUT2D eigenvalue weighted by molar-refractivity contribution is -0.115. The van der Waals surface area contributed by atoms with E-state index in [0.717, 1.165) is 0 Å². The molecule has 0 aromatic heterocycles. The largest absolute Gasteiger partial charge is 0.307 e. The van der Waals surface area contributed by atoms with Gasteiger partial charge in [-0.05, 0) is 29.7 Å². The fourth-order valence-corrected chi connectivity index (χ4v) is 5.15. The minimum absolute atomic E-state index is 0.0280. The van der Waals surface area contributed by atoms with Crippen LogP contribution >= 0.6 is 35.6 Å². The molecule has 1 N–H and O–H groups in total. The van der Waals surface area contributed by atoms with Gasteiger partial charge < -0.3 is 5.32 Å². The Labute approximate surface area is 130 Å². The number of sulfone groups is 1. The average Bonchev–Trinajstić information content (AvgIpc) is 2.69. The molecule has 4 nitrogen and oxygen atoms in total. The van der Waals surface area contributed by atoms with Gasteiger partial charge in [-0.2, -0.15) is 0 Å². The summed E-state index contributed by atoms with van der Waals surface area (Å²) >= 11 is 12.0. The van der Waals surface area contributed by atoms with Gasteiger partial charge in [-0.1, -0.05) is 41.6 Å². The fourth-order valence-electron chi connectivity index (χ4n) is 2.23. The monoisotopic (exact) mass is 345 g/mol. The van der Waals surface area contributed by atoms with Crippen LogP contribution in [-0.2, 0) is 14.6 Å². The summed E-state index contributed by atoms with van der Waals surface area (Å²) < 4.78 is 24.6. The van der Waals surface area contributed by atoms with E-state index >= 15 is 0 Å². The first-order valence-electron chi connectivity index (χ1n) is 5.67. The number of allylic oxidation sites excluding steroid dienone is 1. The molecule has 3 rings (SSSR count). The van der Waals surface area contributed by atoms with E-state index in [1.54, 1.807) is 12.1 Å². The van der Waals surface area contributed by atoms with E-state index in [1.807, 2.05) is 0 Å². The molecule has 1 aromatic rings. The second-order valence-corrected chi connectivity index (χ2v) is 8.56. The highest BCUT2D eigenvalue weighted by Crippen LogP contribution is 2.40. The highest BCUT2D eigenvalue weighted by molar-refractivity contribution is 8.26. The number of amides is 1. The number of rotatable bonds is 0. The second-order valence-electron chi connectivity index (χ2n) is 4.36. The molecule has 104 valence electrons. The van der Waals surface area contributed by atoms with E-state index in [2.05, 4.69) is 5.32 Å². The first-order chi connectivity index (χ1) is 9.38. The van der Waals surface area contributed by atoms with E-state index in [0.29, 0.717) is 31.8 Å². The molecule has 2 aliphatic heterocycles. The maximum atomic E-state index is 12.1. The summed E-state index contributed by atoms with van der Waals surface area (Å²) in [4.78, 5) is 12.5.